The fraction of sp³-hybridized carbons (Fsp3) is 0.600. The Morgan fingerprint density at radius 3 is 2.62 bits per heavy atom. The molecule has 0 spiro atoms. The number of hydrogen-bond acceptors (Lipinski definition) is 4. The molecule has 21 heavy (non-hydrogen) atoms. The topological polar surface area (TPSA) is 55.2 Å². The third kappa shape index (κ3) is 3.67. The van der Waals surface area contributed by atoms with Crippen LogP contribution in [0, 0.1) is 22.9 Å². The molecule has 1 aliphatic rings. The molecule has 0 bridgehead atoms. The van der Waals surface area contributed by atoms with Gasteiger partial charge in [0.1, 0.15) is 11.5 Å². The molecule has 0 radical (unpaired) electrons. The SMILES string of the molecule is CSC1(CNc2cc(C)c(F)cc2[N+](=O)[O-])CCCCC1. The Morgan fingerprint density at radius 1 is 1.38 bits per heavy atom. The van der Waals surface area contributed by atoms with Gasteiger partial charge in [0.25, 0.3) is 5.69 Å². The van der Waals surface area contributed by atoms with Crippen molar-refractivity contribution in [2.24, 2.45) is 0 Å². The van der Waals surface area contributed by atoms with Gasteiger partial charge in [0.2, 0.25) is 0 Å². The third-order valence-corrected chi connectivity index (χ3v) is 5.69. The number of nitro benzene ring substituents is 1. The van der Waals surface area contributed by atoms with Gasteiger partial charge in [-0.3, -0.25) is 10.1 Å². The van der Waals surface area contributed by atoms with Gasteiger partial charge < -0.3 is 5.32 Å². The van der Waals surface area contributed by atoms with E-state index >= 15 is 0 Å². The first kappa shape index (κ1) is 16.1. The maximum atomic E-state index is 13.5. The predicted molar refractivity (Wildman–Crippen MR) is 85.6 cm³/mol. The van der Waals surface area contributed by atoms with Crippen molar-refractivity contribution in [1.82, 2.24) is 0 Å². The number of thioether (sulfide) groups is 1. The average Bonchev–Trinajstić information content (AvgIpc) is 2.48. The van der Waals surface area contributed by atoms with Crippen molar-refractivity contribution in [2.75, 3.05) is 18.1 Å². The van der Waals surface area contributed by atoms with Gasteiger partial charge in [-0.1, -0.05) is 19.3 Å². The number of nitrogens with zero attached hydrogens (tertiary/aromatic N) is 1. The van der Waals surface area contributed by atoms with Crippen LogP contribution >= 0.6 is 11.8 Å². The van der Waals surface area contributed by atoms with Crippen LogP contribution in [0.25, 0.3) is 0 Å². The summed E-state index contributed by atoms with van der Waals surface area (Å²) in [6.45, 7) is 2.30. The number of nitro groups is 1. The highest BCUT2D eigenvalue weighted by Gasteiger charge is 2.31. The Balaban J connectivity index is 2.18. The van der Waals surface area contributed by atoms with Crippen LogP contribution in [0.15, 0.2) is 12.1 Å². The van der Waals surface area contributed by atoms with Gasteiger partial charge in [0.05, 0.1) is 11.0 Å². The fourth-order valence-corrected chi connectivity index (χ4v) is 3.78. The van der Waals surface area contributed by atoms with Crippen LogP contribution in [0.2, 0.25) is 0 Å². The van der Waals surface area contributed by atoms with E-state index in [0.717, 1.165) is 18.9 Å². The molecule has 2 rings (SSSR count). The largest absolute Gasteiger partial charge is 0.378 e. The highest BCUT2D eigenvalue weighted by Crippen LogP contribution is 2.39. The van der Waals surface area contributed by atoms with E-state index in [1.165, 1.54) is 25.3 Å². The van der Waals surface area contributed by atoms with Crippen LogP contribution in [0.1, 0.15) is 37.7 Å². The number of rotatable bonds is 5. The summed E-state index contributed by atoms with van der Waals surface area (Å²) in [5.41, 5.74) is 0.646. The summed E-state index contributed by atoms with van der Waals surface area (Å²) in [5, 5.41) is 14.3. The average molecular weight is 312 g/mol. The highest BCUT2D eigenvalue weighted by atomic mass is 32.2. The molecular formula is C15H21FN2O2S. The summed E-state index contributed by atoms with van der Waals surface area (Å²) in [4.78, 5) is 10.5. The fourth-order valence-electron chi connectivity index (χ4n) is 2.87. The molecule has 0 aromatic heterocycles. The lowest BCUT2D eigenvalue weighted by Gasteiger charge is -2.36. The number of aryl methyl sites for hydroxylation is 1. The zero-order chi connectivity index (χ0) is 15.5. The lowest BCUT2D eigenvalue weighted by Crippen LogP contribution is -2.35. The van der Waals surface area contributed by atoms with E-state index in [-0.39, 0.29) is 10.4 Å². The standard InChI is InChI=1S/C15H21FN2O2S/c1-11-8-13(14(18(19)20)9-12(11)16)17-10-15(21-2)6-4-3-5-7-15/h8-9,17H,3-7,10H2,1-2H3. The van der Waals surface area contributed by atoms with Gasteiger partial charge in [-0.15, -0.1) is 0 Å². The minimum absolute atomic E-state index is 0.133. The molecule has 0 atom stereocenters. The Morgan fingerprint density at radius 2 is 2.05 bits per heavy atom. The first-order chi connectivity index (χ1) is 9.97. The summed E-state index contributed by atoms with van der Waals surface area (Å²) in [7, 11) is 0. The van der Waals surface area contributed by atoms with E-state index in [1.54, 1.807) is 6.92 Å². The normalized spacial score (nSPS) is 17.5. The predicted octanol–water partition coefficient (Wildman–Crippen LogP) is 4.52. The zero-order valence-corrected chi connectivity index (χ0v) is 13.3. The maximum Gasteiger partial charge on any atom is 0.295 e. The monoisotopic (exact) mass is 312 g/mol. The number of benzene rings is 1. The lowest BCUT2D eigenvalue weighted by atomic mass is 9.88. The van der Waals surface area contributed by atoms with E-state index in [9.17, 15) is 14.5 Å². The molecule has 1 N–H and O–H groups in total. The number of nitrogens with one attached hydrogen (secondary N) is 1. The molecule has 1 saturated carbocycles. The first-order valence-corrected chi connectivity index (χ1v) is 8.43. The number of anilines is 1. The van der Waals surface area contributed by atoms with Crippen LogP contribution in [-0.2, 0) is 0 Å². The highest BCUT2D eigenvalue weighted by molar-refractivity contribution is 8.00. The van der Waals surface area contributed by atoms with Crippen molar-refractivity contribution in [3.63, 3.8) is 0 Å². The van der Waals surface area contributed by atoms with Gasteiger partial charge in [0, 0.05) is 11.3 Å². The molecule has 116 valence electrons. The van der Waals surface area contributed by atoms with E-state index in [4.69, 9.17) is 0 Å². The molecule has 0 unspecified atom stereocenters. The van der Waals surface area contributed by atoms with Gasteiger partial charge in [0.15, 0.2) is 0 Å². The van der Waals surface area contributed by atoms with Gasteiger partial charge in [-0.05, 0) is 37.7 Å². The molecule has 6 heteroatoms. The van der Waals surface area contributed by atoms with Gasteiger partial charge in [-0.25, -0.2) is 4.39 Å². The smallest absolute Gasteiger partial charge is 0.295 e. The third-order valence-electron chi connectivity index (χ3n) is 4.27. The van der Waals surface area contributed by atoms with Gasteiger partial charge in [-0.2, -0.15) is 11.8 Å². The molecule has 0 amide bonds. The van der Waals surface area contributed by atoms with Crippen LogP contribution < -0.4 is 5.32 Å². The number of hydrogen-bond donors (Lipinski definition) is 1. The summed E-state index contributed by atoms with van der Waals surface area (Å²) < 4.78 is 13.7. The van der Waals surface area contributed by atoms with Crippen LogP contribution in [0.3, 0.4) is 0 Å². The van der Waals surface area contributed by atoms with E-state index in [2.05, 4.69) is 11.6 Å². The lowest BCUT2D eigenvalue weighted by molar-refractivity contribution is -0.384. The maximum absolute atomic E-state index is 13.5. The molecule has 1 aromatic carbocycles. The van der Waals surface area contributed by atoms with Crippen molar-refractivity contribution in [3.05, 3.63) is 33.6 Å². The molecule has 1 fully saturated rings. The number of halogens is 1. The Hall–Kier alpha value is -1.30. The summed E-state index contributed by atoms with van der Waals surface area (Å²) >= 11 is 1.83. The second-order valence-electron chi connectivity index (χ2n) is 5.68. The zero-order valence-electron chi connectivity index (χ0n) is 12.4. The summed E-state index contributed by atoms with van der Waals surface area (Å²) in [5.74, 6) is -0.538. The molecule has 1 aromatic rings. The Labute approximate surface area is 128 Å². The Kier molecular flexibility index (Phi) is 5.08. The van der Waals surface area contributed by atoms with Crippen molar-refractivity contribution < 1.29 is 9.31 Å². The van der Waals surface area contributed by atoms with Crippen LogP contribution in [-0.4, -0.2) is 22.5 Å². The quantitative estimate of drug-likeness (QED) is 0.641. The molecule has 0 aliphatic heterocycles. The second-order valence-corrected chi connectivity index (χ2v) is 6.95. The van der Waals surface area contributed by atoms with Crippen molar-refractivity contribution in [3.8, 4) is 0 Å². The van der Waals surface area contributed by atoms with Crippen LogP contribution in [0.4, 0.5) is 15.8 Å². The van der Waals surface area contributed by atoms with Crippen molar-refractivity contribution in [1.29, 1.82) is 0 Å². The first-order valence-electron chi connectivity index (χ1n) is 7.21. The molecular weight excluding hydrogens is 291 g/mol. The van der Waals surface area contributed by atoms with E-state index < -0.39 is 10.7 Å². The van der Waals surface area contributed by atoms with Crippen LogP contribution in [0.5, 0.6) is 0 Å². The minimum atomic E-state index is -0.538. The molecule has 1 aliphatic carbocycles. The minimum Gasteiger partial charge on any atom is -0.378 e. The summed E-state index contributed by atoms with van der Waals surface area (Å²) in [6.07, 6.45) is 8.00. The Bertz CT molecular complexity index is 531. The van der Waals surface area contributed by atoms with E-state index in [0.29, 0.717) is 17.8 Å². The van der Waals surface area contributed by atoms with E-state index in [1.807, 2.05) is 11.8 Å². The molecule has 0 heterocycles. The second kappa shape index (κ2) is 6.64. The molecule has 0 saturated heterocycles. The summed E-state index contributed by atoms with van der Waals surface area (Å²) in [6, 6.07) is 2.54. The van der Waals surface area contributed by atoms with Crippen molar-refractivity contribution >= 4 is 23.1 Å². The van der Waals surface area contributed by atoms with Gasteiger partial charge >= 0.3 is 0 Å². The van der Waals surface area contributed by atoms with Crippen molar-refractivity contribution in [2.45, 2.75) is 43.8 Å². The molecule has 4 nitrogen and oxygen atoms in total.